The lowest BCUT2D eigenvalue weighted by Crippen LogP contribution is -2.52. The standard InChI is InChI=1S/C15H21N3O2/c1-2-17(10-13-6-4-3-5-7-13)12-15(20)18-9-8-16-14(19)11-18/h3-7H,2,8-12H2,1H3,(H,16,19). The third-order valence-corrected chi connectivity index (χ3v) is 3.45. The lowest BCUT2D eigenvalue weighted by Gasteiger charge is -2.29. The predicted octanol–water partition coefficient (Wildman–Crippen LogP) is 0.467. The molecule has 0 atom stereocenters. The number of piperazine rings is 1. The van der Waals surface area contributed by atoms with Crippen LogP contribution in [0.4, 0.5) is 0 Å². The van der Waals surface area contributed by atoms with E-state index in [2.05, 4.69) is 22.3 Å². The quantitative estimate of drug-likeness (QED) is 0.850. The highest BCUT2D eigenvalue weighted by molar-refractivity contribution is 5.86. The number of carbonyl (C=O) groups excluding carboxylic acids is 2. The molecule has 1 aromatic rings. The van der Waals surface area contributed by atoms with Gasteiger partial charge in [-0.2, -0.15) is 0 Å². The monoisotopic (exact) mass is 275 g/mol. The number of nitrogens with zero attached hydrogens (tertiary/aromatic N) is 2. The molecule has 1 N–H and O–H groups in total. The van der Waals surface area contributed by atoms with Gasteiger partial charge in [-0.25, -0.2) is 0 Å². The second-order valence-corrected chi connectivity index (χ2v) is 4.95. The average molecular weight is 275 g/mol. The van der Waals surface area contributed by atoms with Crippen molar-refractivity contribution in [3.63, 3.8) is 0 Å². The second kappa shape index (κ2) is 7.05. The summed E-state index contributed by atoms with van der Waals surface area (Å²) in [5, 5.41) is 2.73. The highest BCUT2D eigenvalue weighted by atomic mass is 16.2. The van der Waals surface area contributed by atoms with Gasteiger partial charge in [-0.3, -0.25) is 14.5 Å². The Balaban J connectivity index is 1.89. The molecule has 20 heavy (non-hydrogen) atoms. The second-order valence-electron chi connectivity index (χ2n) is 4.95. The van der Waals surface area contributed by atoms with Crippen LogP contribution >= 0.6 is 0 Å². The summed E-state index contributed by atoms with van der Waals surface area (Å²) in [7, 11) is 0. The van der Waals surface area contributed by atoms with Crippen molar-refractivity contribution >= 4 is 11.8 Å². The predicted molar refractivity (Wildman–Crippen MR) is 77.0 cm³/mol. The summed E-state index contributed by atoms with van der Waals surface area (Å²) in [5.74, 6) is -0.0478. The molecule has 0 unspecified atom stereocenters. The fourth-order valence-electron chi connectivity index (χ4n) is 2.26. The van der Waals surface area contributed by atoms with E-state index in [9.17, 15) is 9.59 Å². The zero-order valence-electron chi connectivity index (χ0n) is 11.8. The Morgan fingerprint density at radius 3 is 2.75 bits per heavy atom. The first-order valence-electron chi connectivity index (χ1n) is 6.99. The Hall–Kier alpha value is -1.88. The van der Waals surface area contributed by atoms with Gasteiger partial charge in [-0.15, -0.1) is 0 Å². The highest BCUT2D eigenvalue weighted by Gasteiger charge is 2.22. The molecule has 0 bridgehead atoms. The molecule has 0 spiro atoms. The minimum absolute atomic E-state index is 0.0256. The number of carbonyl (C=O) groups is 2. The SMILES string of the molecule is CCN(CC(=O)N1CCNC(=O)C1)Cc1ccccc1. The summed E-state index contributed by atoms with van der Waals surface area (Å²) in [5.41, 5.74) is 1.19. The minimum Gasteiger partial charge on any atom is -0.353 e. The van der Waals surface area contributed by atoms with Crippen molar-refractivity contribution in [2.24, 2.45) is 0 Å². The van der Waals surface area contributed by atoms with Gasteiger partial charge in [0.25, 0.3) is 0 Å². The number of likely N-dealkylation sites (N-methyl/N-ethyl adjacent to an activating group) is 1. The van der Waals surface area contributed by atoms with Gasteiger partial charge in [-0.1, -0.05) is 37.3 Å². The molecule has 1 aliphatic rings. The van der Waals surface area contributed by atoms with Gasteiger partial charge in [0.05, 0.1) is 13.1 Å². The van der Waals surface area contributed by atoms with E-state index >= 15 is 0 Å². The van der Waals surface area contributed by atoms with Crippen molar-refractivity contribution in [1.82, 2.24) is 15.1 Å². The van der Waals surface area contributed by atoms with Crippen LogP contribution < -0.4 is 5.32 Å². The van der Waals surface area contributed by atoms with Crippen molar-refractivity contribution in [2.45, 2.75) is 13.5 Å². The van der Waals surface area contributed by atoms with E-state index < -0.39 is 0 Å². The van der Waals surface area contributed by atoms with Crippen LogP contribution in [-0.4, -0.2) is 54.3 Å². The molecule has 0 aliphatic carbocycles. The van der Waals surface area contributed by atoms with Crippen molar-refractivity contribution < 1.29 is 9.59 Å². The van der Waals surface area contributed by atoms with E-state index in [4.69, 9.17) is 0 Å². The minimum atomic E-state index is -0.0734. The average Bonchev–Trinajstić information content (AvgIpc) is 2.47. The number of amides is 2. The van der Waals surface area contributed by atoms with Crippen molar-refractivity contribution in [1.29, 1.82) is 0 Å². The van der Waals surface area contributed by atoms with E-state index in [-0.39, 0.29) is 18.4 Å². The van der Waals surface area contributed by atoms with Crippen molar-refractivity contribution in [3.05, 3.63) is 35.9 Å². The number of hydrogen-bond donors (Lipinski definition) is 1. The zero-order valence-corrected chi connectivity index (χ0v) is 11.8. The summed E-state index contributed by atoms with van der Waals surface area (Å²) in [6.45, 7) is 5.30. The van der Waals surface area contributed by atoms with Crippen LogP contribution in [0.15, 0.2) is 30.3 Å². The molecule has 108 valence electrons. The Morgan fingerprint density at radius 2 is 2.10 bits per heavy atom. The molecular formula is C15H21N3O2. The Labute approximate surface area is 119 Å². The molecule has 1 saturated heterocycles. The molecule has 0 saturated carbocycles. The number of hydrogen-bond acceptors (Lipinski definition) is 3. The van der Waals surface area contributed by atoms with Gasteiger partial charge >= 0.3 is 0 Å². The van der Waals surface area contributed by atoms with Gasteiger partial charge in [0.1, 0.15) is 0 Å². The summed E-state index contributed by atoms with van der Waals surface area (Å²) < 4.78 is 0. The van der Waals surface area contributed by atoms with Crippen molar-refractivity contribution in [2.75, 3.05) is 32.7 Å². The zero-order chi connectivity index (χ0) is 14.4. The van der Waals surface area contributed by atoms with Crippen LogP contribution in [0, 0.1) is 0 Å². The Morgan fingerprint density at radius 1 is 1.35 bits per heavy atom. The Kier molecular flexibility index (Phi) is 5.12. The van der Waals surface area contributed by atoms with Gasteiger partial charge in [0.15, 0.2) is 0 Å². The van der Waals surface area contributed by atoms with Gasteiger partial charge in [0.2, 0.25) is 11.8 Å². The van der Waals surface area contributed by atoms with Crippen LogP contribution in [0.25, 0.3) is 0 Å². The lowest BCUT2D eigenvalue weighted by atomic mass is 10.2. The van der Waals surface area contributed by atoms with E-state index in [0.29, 0.717) is 19.6 Å². The van der Waals surface area contributed by atoms with E-state index in [1.807, 2.05) is 25.1 Å². The summed E-state index contributed by atoms with van der Waals surface area (Å²) in [6, 6.07) is 10.1. The summed E-state index contributed by atoms with van der Waals surface area (Å²) in [4.78, 5) is 27.2. The molecule has 1 aromatic carbocycles. The molecule has 1 heterocycles. The maximum atomic E-state index is 12.2. The summed E-state index contributed by atoms with van der Waals surface area (Å²) in [6.07, 6.45) is 0. The van der Waals surface area contributed by atoms with Gasteiger partial charge in [-0.05, 0) is 12.1 Å². The molecule has 0 radical (unpaired) electrons. The third kappa shape index (κ3) is 4.06. The van der Waals surface area contributed by atoms with Crippen LogP contribution in [-0.2, 0) is 16.1 Å². The molecule has 5 nitrogen and oxygen atoms in total. The molecule has 2 rings (SSSR count). The van der Waals surface area contributed by atoms with Crippen molar-refractivity contribution in [3.8, 4) is 0 Å². The smallest absolute Gasteiger partial charge is 0.239 e. The van der Waals surface area contributed by atoms with Gasteiger partial charge in [0, 0.05) is 19.6 Å². The Bertz CT molecular complexity index is 461. The highest BCUT2D eigenvalue weighted by Crippen LogP contribution is 2.05. The van der Waals surface area contributed by atoms with Crippen LogP contribution in [0.5, 0.6) is 0 Å². The number of nitrogens with one attached hydrogen (secondary N) is 1. The largest absolute Gasteiger partial charge is 0.353 e. The van der Waals surface area contributed by atoms with E-state index in [0.717, 1.165) is 13.1 Å². The first-order chi connectivity index (χ1) is 9.69. The maximum Gasteiger partial charge on any atom is 0.239 e. The molecule has 0 aromatic heterocycles. The topological polar surface area (TPSA) is 52.7 Å². The summed E-state index contributed by atoms with van der Waals surface area (Å²) >= 11 is 0. The fourth-order valence-corrected chi connectivity index (χ4v) is 2.26. The van der Waals surface area contributed by atoms with E-state index in [1.54, 1.807) is 4.90 Å². The molecular weight excluding hydrogens is 254 g/mol. The first kappa shape index (κ1) is 14.5. The number of benzene rings is 1. The third-order valence-electron chi connectivity index (χ3n) is 3.45. The fraction of sp³-hybridized carbons (Fsp3) is 0.467. The molecule has 5 heteroatoms. The normalized spacial score (nSPS) is 15.3. The van der Waals surface area contributed by atoms with Crippen LogP contribution in [0.2, 0.25) is 0 Å². The lowest BCUT2D eigenvalue weighted by molar-refractivity contribution is -0.139. The van der Waals surface area contributed by atoms with Crippen LogP contribution in [0.1, 0.15) is 12.5 Å². The van der Waals surface area contributed by atoms with Gasteiger partial charge < -0.3 is 10.2 Å². The number of rotatable bonds is 5. The first-order valence-corrected chi connectivity index (χ1v) is 6.99. The van der Waals surface area contributed by atoms with Crippen LogP contribution in [0.3, 0.4) is 0 Å². The maximum absolute atomic E-state index is 12.2. The molecule has 1 fully saturated rings. The van der Waals surface area contributed by atoms with E-state index in [1.165, 1.54) is 5.56 Å². The molecule has 2 amide bonds. The molecule has 1 aliphatic heterocycles.